The molecular formula is C23H25N5O. The molecule has 148 valence electrons. The highest BCUT2D eigenvalue weighted by molar-refractivity contribution is 5.76. The topological polar surface area (TPSA) is 74.8 Å². The van der Waals surface area contributed by atoms with Crippen molar-refractivity contribution in [1.82, 2.24) is 25.1 Å². The molecule has 0 saturated carbocycles. The minimum atomic E-state index is -0.0225. The zero-order chi connectivity index (χ0) is 19.7. The number of aromatic amines is 1. The van der Waals surface area contributed by atoms with E-state index in [1.807, 2.05) is 30.6 Å². The predicted octanol–water partition coefficient (Wildman–Crippen LogP) is 3.31. The standard InChI is InChI=1S/C23H25N5O/c29-20(8-7-17-13-25-26-14-17)28-12-4-10-23(16-28)11-9-19-15-24-22(27-21(19)23)18-5-2-1-3-6-18/h1-3,5-6,13-15H,4,7-12,16H2,(H,25,26). The second kappa shape index (κ2) is 7.43. The van der Waals surface area contributed by atoms with Gasteiger partial charge < -0.3 is 4.90 Å². The van der Waals surface area contributed by atoms with Crippen LogP contribution in [0.3, 0.4) is 0 Å². The molecule has 1 atom stereocenters. The van der Waals surface area contributed by atoms with Gasteiger partial charge in [-0.05, 0) is 43.2 Å². The molecule has 1 saturated heterocycles. The second-order valence-corrected chi connectivity index (χ2v) is 8.24. The summed E-state index contributed by atoms with van der Waals surface area (Å²) in [6.07, 6.45) is 11.1. The Kier molecular flexibility index (Phi) is 4.62. The highest BCUT2D eigenvalue weighted by Gasteiger charge is 2.44. The zero-order valence-corrected chi connectivity index (χ0v) is 16.5. The number of benzene rings is 1. The number of piperidine rings is 1. The minimum absolute atomic E-state index is 0.0225. The van der Waals surface area contributed by atoms with E-state index in [4.69, 9.17) is 4.98 Å². The Morgan fingerprint density at radius 2 is 2.07 bits per heavy atom. The Bertz CT molecular complexity index is 997. The maximum atomic E-state index is 12.9. The smallest absolute Gasteiger partial charge is 0.222 e. The van der Waals surface area contributed by atoms with Crippen molar-refractivity contribution in [2.75, 3.05) is 13.1 Å². The first-order valence-corrected chi connectivity index (χ1v) is 10.4. The van der Waals surface area contributed by atoms with Crippen molar-refractivity contribution >= 4 is 5.91 Å². The molecule has 0 radical (unpaired) electrons. The van der Waals surface area contributed by atoms with Gasteiger partial charge in [-0.2, -0.15) is 5.10 Å². The molecule has 2 aliphatic rings. The molecule has 1 aliphatic carbocycles. The number of aromatic nitrogens is 4. The van der Waals surface area contributed by atoms with E-state index < -0.39 is 0 Å². The number of carbonyl (C=O) groups is 1. The Morgan fingerprint density at radius 3 is 2.90 bits per heavy atom. The predicted molar refractivity (Wildman–Crippen MR) is 110 cm³/mol. The van der Waals surface area contributed by atoms with Gasteiger partial charge in [-0.1, -0.05) is 30.3 Å². The number of rotatable bonds is 4. The van der Waals surface area contributed by atoms with Crippen LogP contribution in [0.15, 0.2) is 48.9 Å². The number of hydrogen-bond acceptors (Lipinski definition) is 4. The van der Waals surface area contributed by atoms with Gasteiger partial charge in [0.15, 0.2) is 5.82 Å². The summed E-state index contributed by atoms with van der Waals surface area (Å²) < 4.78 is 0. The summed E-state index contributed by atoms with van der Waals surface area (Å²) in [7, 11) is 0. The molecule has 6 nitrogen and oxygen atoms in total. The molecule has 2 aromatic heterocycles. The lowest BCUT2D eigenvalue weighted by Crippen LogP contribution is -2.48. The molecule has 1 amide bonds. The molecule has 29 heavy (non-hydrogen) atoms. The molecule has 5 rings (SSSR count). The summed E-state index contributed by atoms with van der Waals surface area (Å²) in [6.45, 7) is 1.62. The molecule has 1 aliphatic heterocycles. The molecule has 1 aromatic carbocycles. The highest BCUT2D eigenvalue weighted by Crippen LogP contribution is 2.44. The Labute approximate surface area is 170 Å². The normalized spacial score (nSPS) is 20.8. The number of likely N-dealkylation sites (tertiary alicyclic amines) is 1. The summed E-state index contributed by atoms with van der Waals surface area (Å²) in [6, 6.07) is 10.1. The lowest BCUT2D eigenvalue weighted by atomic mass is 9.77. The number of amides is 1. The Morgan fingerprint density at radius 1 is 1.17 bits per heavy atom. The molecule has 1 N–H and O–H groups in total. The molecule has 1 spiro atoms. The maximum absolute atomic E-state index is 12.9. The van der Waals surface area contributed by atoms with Crippen LogP contribution in [0.25, 0.3) is 11.4 Å². The van der Waals surface area contributed by atoms with E-state index in [0.29, 0.717) is 6.42 Å². The van der Waals surface area contributed by atoms with Gasteiger partial charge in [0.1, 0.15) is 0 Å². The summed E-state index contributed by atoms with van der Waals surface area (Å²) in [4.78, 5) is 24.6. The van der Waals surface area contributed by atoms with Crippen LogP contribution in [0.4, 0.5) is 0 Å². The van der Waals surface area contributed by atoms with Crippen molar-refractivity contribution in [1.29, 1.82) is 0 Å². The van der Waals surface area contributed by atoms with Gasteiger partial charge in [0.05, 0.1) is 11.9 Å². The van der Waals surface area contributed by atoms with Crippen LogP contribution in [-0.2, 0) is 23.1 Å². The van der Waals surface area contributed by atoms with Crippen molar-refractivity contribution in [3.63, 3.8) is 0 Å². The van der Waals surface area contributed by atoms with Crippen LogP contribution >= 0.6 is 0 Å². The fourth-order valence-electron chi connectivity index (χ4n) is 4.83. The van der Waals surface area contributed by atoms with Gasteiger partial charge in [-0.25, -0.2) is 9.97 Å². The van der Waals surface area contributed by atoms with Crippen molar-refractivity contribution in [3.8, 4) is 11.4 Å². The van der Waals surface area contributed by atoms with Crippen molar-refractivity contribution in [3.05, 3.63) is 65.7 Å². The van der Waals surface area contributed by atoms with Crippen LogP contribution in [0.2, 0.25) is 0 Å². The van der Waals surface area contributed by atoms with Gasteiger partial charge in [-0.15, -0.1) is 0 Å². The third-order valence-electron chi connectivity index (χ3n) is 6.38. The molecule has 3 aromatic rings. The molecular weight excluding hydrogens is 362 g/mol. The number of aryl methyl sites for hydroxylation is 2. The van der Waals surface area contributed by atoms with E-state index in [9.17, 15) is 4.79 Å². The van der Waals surface area contributed by atoms with Gasteiger partial charge in [0.2, 0.25) is 5.91 Å². The third-order valence-corrected chi connectivity index (χ3v) is 6.38. The monoisotopic (exact) mass is 387 g/mol. The lowest BCUT2D eigenvalue weighted by Gasteiger charge is -2.40. The first kappa shape index (κ1) is 18.0. The lowest BCUT2D eigenvalue weighted by molar-refractivity contribution is -0.133. The SMILES string of the molecule is O=C(CCc1cn[nH]c1)N1CCCC2(CCc3cnc(-c4ccccc4)nc32)C1. The average molecular weight is 387 g/mol. The summed E-state index contributed by atoms with van der Waals surface area (Å²) in [5, 5.41) is 6.78. The number of H-pyrrole nitrogens is 1. The Balaban J connectivity index is 1.37. The van der Waals surface area contributed by atoms with Gasteiger partial charge in [0.25, 0.3) is 0 Å². The zero-order valence-electron chi connectivity index (χ0n) is 16.5. The fourth-order valence-corrected chi connectivity index (χ4v) is 4.83. The number of carbonyl (C=O) groups excluding carboxylic acids is 1. The first-order valence-electron chi connectivity index (χ1n) is 10.4. The number of hydrogen-bond donors (Lipinski definition) is 1. The second-order valence-electron chi connectivity index (χ2n) is 8.24. The summed E-state index contributed by atoms with van der Waals surface area (Å²) in [5.74, 6) is 1.02. The van der Waals surface area contributed by atoms with E-state index >= 15 is 0 Å². The van der Waals surface area contributed by atoms with E-state index in [-0.39, 0.29) is 11.3 Å². The third kappa shape index (κ3) is 3.43. The fraction of sp³-hybridized carbons (Fsp3) is 0.391. The molecule has 6 heteroatoms. The number of nitrogens with one attached hydrogen (secondary N) is 1. The van der Waals surface area contributed by atoms with Crippen LogP contribution < -0.4 is 0 Å². The van der Waals surface area contributed by atoms with Crippen LogP contribution in [-0.4, -0.2) is 44.1 Å². The van der Waals surface area contributed by atoms with Crippen LogP contribution in [0, 0.1) is 0 Å². The molecule has 1 unspecified atom stereocenters. The highest BCUT2D eigenvalue weighted by atomic mass is 16.2. The number of nitrogens with zero attached hydrogens (tertiary/aromatic N) is 4. The van der Waals surface area contributed by atoms with Crippen molar-refractivity contribution < 1.29 is 4.79 Å². The van der Waals surface area contributed by atoms with Gasteiger partial charge >= 0.3 is 0 Å². The van der Waals surface area contributed by atoms with Crippen LogP contribution in [0.1, 0.15) is 42.5 Å². The summed E-state index contributed by atoms with van der Waals surface area (Å²) in [5.41, 5.74) is 4.51. The minimum Gasteiger partial charge on any atom is -0.342 e. The molecule has 0 bridgehead atoms. The molecule has 1 fully saturated rings. The van der Waals surface area contributed by atoms with Crippen molar-refractivity contribution in [2.45, 2.75) is 43.9 Å². The maximum Gasteiger partial charge on any atom is 0.222 e. The quantitative estimate of drug-likeness (QED) is 0.745. The van der Waals surface area contributed by atoms with Gasteiger partial charge in [0, 0.05) is 42.9 Å². The number of fused-ring (bicyclic) bond motifs is 2. The average Bonchev–Trinajstić information content (AvgIpc) is 3.41. The van der Waals surface area contributed by atoms with E-state index in [0.717, 1.165) is 62.1 Å². The van der Waals surface area contributed by atoms with E-state index in [2.05, 4.69) is 32.2 Å². The summed E-state index contributed by atoms with van der Waals surface area (Å²) >= 11 is 0. The first-order chi connectivity index (χ1) is 14.2. The van der Waals surface area contributed by atoms with Crippen LogP contribution in [0.5, 0.6) is 0 Å². The van der Waals surface area contributed by atoms with E-state index in [1.165, 1.54) is 11.3 Å². The Hall–Kier alpha value is -3.02. The van der Waals surface area contributed by atoms with E-state index in [1.54, 1.807) is 6.20 Å². The molecule has 3 heterocycles. The largest absolute Gasteiger partial charge is 0.342 e. The van der Waals surface area contributed by atoms with Gasteiger partial charge in [-0.3, -0.25) is 9.89 Å². The van der Waals surface area contributed by atoms with Crippen molar-refractivity contribution in [2.24, 2.45) is 0 Å².